The van der Waals surface area contributed by atoms with Gasteiger partial charge in [0.25, 0.3) is 0 Å². The van der Waals surface area contributed by atoms with Gasteiger partial charge < -0.3 is 15.2 Å². The van der Waals surface area contributed by atoms with E-state index in [0.717, 1.165) is 43.0 Å². The van der Waals surface area contributed by atoms with Gasteiger partial charge in [-0.05, 0) is 44.5 Å². The maximum absolute atomic E-state index is 6.07. The van der Waals surface area contributed by atoms with E-state index in [1.807, 2.05) is 12.1 Å². The molecule has 2 N–H and O–H groups in total. The van der Waals surface area contributed by atoms with Gasteiger partial charge in [0, 0.05) is 24.2 Å². The van der Waals surface area contributed by atoms with Gasteiger partial charge in [-0.2, -0.15) is 0 Å². The van der Waals surface area contributed by atoms with Crippen molar-refractivity contribution in [3.05, 3.63) is 23.8 Å². The SMILES string of the molecule is COc1ccc(OC)c(C(C)N2CCCC(N)C2)c1. The Balaban J connectivity index is 2.23. The number of hydrogen-bond donors (Lipinski definition) is 1. The molecule has 1 aromatic rings. The lowest BCUT2D eigenvalue weighted by Gasteiger charge is -2.36. The van der Waals surface area contributed by atoms with Crippen LogP contribution in [0, 0.1) is 0 Å². The zero-order valence-corrected chi connectivity index (χ0v) is 12.1. The highest BCUT2D eigenvalue weighted by Gasteiger charge is 2.24. The molecule has 1 saturated heterocycles. The van der Waals surface area contributed by atoms with Crippen LogP contribution in [-0.2, 0) is 0 Å². The monoisotopic (exact) mass is 264 g/mol. The van der Waals surface area contributed by atoms with Crippen LogP contribution in [0.3, 0.4) is 0 Å². The number of nitrogens with zero attached hydrogens (tertiary/aromatic N) is 1. The Labute approximate surface area is 115 Å². The Bertz CT molecular complexity index is 423. The highest BCUT2D eigenvalue weighted by Crippen LogP contribution is 2.33. The Morgan fingerprint density at radius 2 is 2.11 bits per heavy atom. The average molecular weight is 264 g/mol. The molecule has 2 rings (SSSR count). The first-order valence-corrected chi connectivity index (χ1v) is 6.87. The molecule has 1 heterocycles. The summed E-state index contributed by atoms with van der Waals surface area (Å²) >= 11 is 0. The van der Waals surface area contributed by atoms with Crippen molar-refractivity contribution in [2.75, 3.05) is 27.3 Å². The van der Waals surface area contributed by atoms with Crippen molar-refractivity contribution in [2.24, 2.45) is 5.73 Å². The van der Waals surface area contributed by atoms with Crippen molar-refractivity contribution in [1.82, 2.24) is 4.90 Å². The average Bonchev–Trinajstić information content (AvgIpc) is 2.45. The van der Waals surface area contributed by atoms with Gasteiger partial charge in [0.1, 0.15) is 11.5 Å². The highest BCUT2D eigenvalue weighted by molar-refractivity contribution is 5.42. The van der Waals surface area contributed by atoms with Crippen LogP contribution in [-0.4, -0.2) is 38.3 Å². The molecule has 0 spiro atoms. The van der Waals surface area contributed by atoms with Crippen LogP contribution in [0.25, 0.3) is 0 Å². The normalized spacial score (nSPS) is 22.0. The van der Waals surface area contributed by atoms with E-state index in [1.54, 1.807) is 14.2 Å². The zero-order chi connectivity index (χ0) is 13.8. The number of piperidine rings is 1. The van der Waals surface area contributed by atoms with Crippen molar-refractivity contribution in [3.63, 3.8) is 0 Å². The van der Waals surface area contributed by atoms with Crippen LogP contribution in [0.2, 0.25) is 0 Å². The molecule has 0 amide bonds. The summed E-state index contributed by atoms with van der Waals surface area (Å²) in [5.74, 6) is 1.77. The number of rotatable bonds is 4. The number of nitrogens with two attached hydrogens (primary N) is 1. The predicted molar refractivity (Wildman–Crippen MR) is 76.7 cm³/mol. The van der Waals surface area contributed by atoms with E-state index in [4.69, 9.17) is 15.2 Å². The van der Waals surface area contributed by atoms with Gasteiger partial charge in [0.2, 0.25) is 0 Å². The standard InChI is InChI=1S/C15H24N2O2/c1-11(17-8-4-5-12(16)10-17)14-9-13(18-2)6-7-15(14)19-3/h6-7,9,11-12H,4-5,8,10,16H2,1-3H3. The molecular weight excluding hydrogens is 240 g/mol. The van der Waals surface area contributed by atoms with E-state index in [2.05, 4.69) is 17.9 Å². The number of benzene rings is 1. The van der Waals surface area contributed by atoms with Crippen LogP contribution in [0.5, 0.6) is 11.5 Å². The third-order valence-corrected chi connectivity index (χ3v) is 3.92. The van der Waals surface area contributed by atoms with Gasteiger partial charge in [-0.15, -0.1) is 0 Å². The maximum atomic E-state index is 6.07. The summed E-state index contributed by atoms with van der Waals surface area (Å²) in [4.78, 5) is 2.42. The quantitative estimate of drug-likeness (QED) is 0.905. The predicted octanol–water partition coefficient (Wildman–Crippen LogP) is 2.19. The molecule has 106 valence electrons. The largest absolute Gasteiger partial charge is 0.497 e. The minimum absolute atomic E-state index is 0.285. The number of ether oxygens (including phenoxy) is 2. The molecular formula is C15H24N2O2. The molecule has 0 radical (unpaired) electrons. The molecule has 1 aliphatic heterocycles. The summed E-state index contributed by atoms with van der Waals surface area (Å²) in [5, 5.41) is 0. The van der Waals surface area contributed by atoms with Gasteiger partial charge >= 0.3 is 0 Å². The second-order valence-corrected chi connectivity index (χ2v) is 5.18. The second-order valence-electron chi connectivity index (χ2n) is 5.18. The van der Waals surface area contributed by atoms with Crippen molar-refractivity contribution in [1.29, 1.82) is 0 Å². The fourth-order valence-electron chi connectivity index (χ4n) is 2.75. The third-order valence-electron chi connectivity index (χ3n) is 3.92. The first-order chi connectivity index (χ1) is 9.15. The summed E-state index contributed by atoms with van der Waals surface area (Å²) < 4.78 is 10.8. The summed E-state index contributed by atoms with van der Waals surface area (Å²) in [6.07, 6.45) is 2.29. The molecule has 0 bridgehead atoms. The van der Waals surface area contributed by atoms with Crippen LogP contribution < -0.4 is 15.2 Å². The van der Waals surface area contributed by atoms with Crippen LogP contribution in [0.4, 0.5) is 0 Å². The van der Waals surface area contributed by atoms with Gasteiger partial charge in [-0.25, -0.2) is 0 Å². The van der Waals surface area contributed by atoms with Crippen LogP contribution in [0.15, 0.2) is 18.2 Å². The van der Waals surface area contributed by atoms with Crippen molar-refractivity contribution in [2.45, 2.75) is 31.8 Å². The lowest BCUT2D eigenvalue weighted by Crippen LogP contribution is -2.43. The van der Waals surface area contributed by atoms with E-state index in [9.17, 15) is 0 Å². The van der Waals surface area contributed by atoms with Crippen LogP contribution >= 0.6 is 0 Å². The topological polar surface area (TPSA) is 47.7 Å². The fraction of sp³-hybridized carbons (Fsp3) is 0.600. The lowest BCUT2D eigenvalue weighted by molar-refractivity contribution is 0.157. The first-order valence-electron chi connectivity index (χ1n) is 6.87. The first kappa shape index (κ1) is 14.2. The van der Waals surface area contributed by atoms with Crippen molar-refractivity contribution in [3.8, 4) is 11.5 Å². The summed E-state index contributed by atoms with van der Waals surface area (Å²) in [5.41, 5.74) is 7.23. The molecule has 1 aliphatic rings. The van der Waals surface area contributed by atoms with Crippen molar-refractivity contribution < 1.29 is 9.47 Å². The van der Waals surface area contributed by atoms with Crippen molar-refractivity contribution >= 4 is 0 Å². The molecule has 1 fully saturated rings. The Hall–Kier alpha value is -1.26. The van der Waals surface area contributed by atoms with Gasteiger partial charge in [0.05, 0.1) is 14.2 Å². The highest BCUT2D eigenvalue weighted by atomic mass is 16.5. The Kier molecular flexibility index (Phi) is 4.66. The van der Waals surface area contributed by atoms with E-state index < -0.39 is 0 Å². The maximum Gasteiger partial charge on any atom is 0.123 e. The van der Waals surface area contributed by atoms with E-state index >= 15 is 0 Å². The molecule has 0 aromatic heterocycles. The van der Waals surface area contributed by atoms with E-state index in [0.29, 0.717) is 0 Å². The summed E-state index contributed by atoms with van der Waals surface area (Å²) in [6.45, 7) is 4.24. The van der Waals surface area contributed by atoms with Gasteiger partial charge in [0.15, 0.2) is 0 Å². The molecule has 4 nitrogen and oxygen atoms in total. The molecule has 2 unspecified atom stereocenters. The molecule has 19 heavy (non-hydrogen) atoms. The van der Waals surface area contributed by atoms with Gasteiger partial charge in [-0.3, -0.25) is 4.90 Å². The molecule has 2 atom stereocenters. The minimum Gasteiger partial charge on any atom is -0.497 e. The molecule has 1 aromatic carbocycles. The Morgan fingerprint density at radius 3 is 2.74 bits per heavy atom. The van der Waals surface area contributed by atoms with Gasteiger partial charge in [-0.1, -0.05) is 0 Å². The zero-order valence-electron chi connectivity index (χ0n) is 12.1. The number of hydrogen-bond acceptors (Lipinski definition) is 4. The van der Waals surface area contributed by atoms with E-state index in [-0.39, 0.29) is 12.1 Å². The second kappa shape index (κ2) is 6.26. The molecule has 4 heteroatoms. The summed E-state index contributed by atoms with van der Waals surface area (Å²) in [7, 11) is 3.40. The van der Waals surface area contributed by atoms with E-state index in [1.165, 1.54) is 0 Å². The van der Waals surface area contributed by atoms with Crippen LogP contribution in [0.1, 0.15) is 31.4 Å². The third kappa shape index (κ3) is 3.19. The number of methoxy groups -OCH3 is 2. The fourth-order valence-corrected chi connectivity index (χ4v) is 2.75. The molecule has 0 aliphatic carbocycles. The summed E-state index contributed by atoms with van der Waals surface area (Å²) in [6, 6.07) is 6.53. The molecule has 0 saturated carbocycles. The Morgan fingerprint density at radius 1 is 1.32 bits per heavy atom. The number of likely N-dealkylation sites (tertiary alicyclic amines) is 1. The minimum atomic E-state index is 0.285. The lowest BCUT2D eigenvalue weighted by atomic mass is 10.00. The smallest absolute Gasteiger partial charge is 0.123 e.